The molecule has 1 saturated carbocycles. The highest BCUT2D eigenvalue weighted by Crippen LogP contribution is 2.67. The van der Waals surface area contributed by atoms with Gasteiger partial charge < -0.3 is 19.9 Å². The maximum absolute atomic E-state index is 12.0. The summed E-state index contributed by atoms with van der Waals surface area (Å²) >= 11 is 0. The first-order chi connectivity index (χ1) is 12.1. The van der Waals surface area contributed by atoms with Gasteiger partial charge in [0.15, 0.2) is 0 Å². The summed E-state index contributed by atoms with van der Waals surface area (Å²) in [5.74, 6) is -1.48. The lowest BCUT2D eigenvalue weighted by Crippen LogP contribution is -2.59. The number of aliphatic carboxylic acids is 1. The molecule has 0 unspecified atom stereocenters. The van der Waals surface area contributed by atoms with Gasteiger partial charge in [-0.2, -0.15) is 0 Å². The molecule has 2 aliphatic carbocycles. The number of carbonyl (C=O) groups excluding carboxylic acids is 2. The Labute approximate surface area is 154 Å². The van der Waals surface area contributed by atoms with Gasteiger partial charge in [0.25, 0.3) is 0 Å². The maximum Gasteiger partial charge on any atom is 0.410 e. The van der Waals surface area contributed by atoms with Gasteiger partial charge in [0.2, 0.25) is 6.29 Å². The average Bonchev–Trinajstić information content (AvgIpc) is 2.89. The summed E-state index contributed by atoms with van der Waals surface area (Å²) in [4.78, 5) is 34.9. The fourth-order valence-corrected chi connectivity index (χ4v) is 4.45. The van der Waals surface area contributed by atoms with Crippen LogP contribution in [0.1, 0.15) is 53.4 Å². The highest BCUT2D eigenvalue weighted by Gasteiger charge is 2.62. The van der Waals surface area contributed by atoms with Crippen molar-refractivity contribution in [3.8, 4) is 0 Å². The van der Waals surface area contributed by atoms with Gasteiger partial charge >= 0.3 is 18.0 Å². The van der Waals surface area contributed by atoms with E-state index in [1.54, 1.807) is 13.8 Å². The Morgan fingerprint density at radius 3 is 2.54 bits per heavy atom. The zero-order valence-electron chi connectivity index (χ0n) is 15.9. The van der Waals surface area contributed by atoms with Crippen LogP contribution in [0.15, 0.2) is 12.2 Å². The lowest BCUT2D eigenvalue weighted by molar-refractivity contribution is -0.169. The summed E-state index contributed by atoms with van der Waals surface area (Å²) in [7, 11) is 0. The molecule has 0 aromatic carbocycles. The highest BCUT2D eigenvalue weighted by molar-refractivity contribution is 5.72. The number of carbonyl (C=O) groups is 3. The molecule has 0 aliphatic heterocycles. The monoisotopic (exact) mass is 367 g/mol. The van der Waals surface area contributed by atoms with Gasteiger partial charge in [-0.05, 0) is 30.6 Å². The second-order valence-corrected chi connectivity index (χ2v) is 7.85. The molecule has 0 saturated heterocycles. The number of rotatable bonds is 8. The third kappa shape index (κ3) is 4.02. The number of carboxylic acid groups (broad SMARTS) is 1. The number of hydrogen-bond donors (Lipinski definition) is 2. The summed E-state index contributed by atoms with van der Waals surface area (Å²) in [6, 6.07) is 0. The third-order valence-electron chi connectivity index (χ3n) is 5.70. The van der Waals surface area contributed by atoms with Crippen LogP contribution in [0.5, 0.6) is 0 Å². The van der Waals surface area contributed by atoms with Crippen molar-refractivity contribution in [1.29, 1.82) is 0 Å². The first kappa shape index (κ1) is 20.3. The second-order valence-electron chi connectivity index (χ2n) is 7.85. The fourth-order valence-electron chi connectivity index (χ4n) is 4.45. The molecule has 0 aromatic heterocycles. The largest absolute Gasteiger partial charge is 0.481 e. The molecule has 4 atom stereocenters. The Morgan fingerprint density at radius 2 is 1.96 bits per heavy atom. The van der Waals surface area contributed by atoms with E-state index in [0.29, 0.717) is 0 Å². The van der Waals surface area contributed by atoms with Crippen LogP contribution < -0.4 is 5.32 Å². The predicted molar refractivity (Wildman–Crippen MR) is 94.1 cm³/mol. The number of allylic oxidation sites excluding steroid dienone is 2. The summed E-state index contributed by atoms with van der Waals surface area (Å²) in [6.45, 7) is 7.20. The van der Waals surface area contributed by atoms with E-state index >= 15 is 0 Å². The topological polar surface area (TPSA) is 102 Å². The van der Waals surface area contributed by atoms with Crippen LogP contribution in [0.3, 0.4) is 0 Å². The molecule has 146 valence electrons. The number of amides is 1. The standard InChI is InChI=1S/C19H29NO6/c1-5-18-8-6-7-14(18)19(10-18,9-15(21)22)11-20-17(24)26-13(4)25-16(23)12(2)3/h6-7,12-14H,5,8-11H2,1-4H3,(H,20,24)(H,21,22)/t13-,14-,18-,19+/m0/s1. The van der Waals surface area contributed by atoms with E-state index in [0.717, 1.165) is 19.3 Å². The molecular weight excluding hydrogens is 338 g/mol. The van der Waals surface area contributed by atoms with Crippen LogP contribution in [0, 0.1) is 22.7 Å². The smallest absolute Gasteiger partial charge is 0.410 e. The molecule has 0 spiro atoms. The molecule has 7 nitrogen and oxygen atoms in total. The second kappa shape index (κ2) is 7.68. The van der Waals surface area contributed by atoms with Gasteiger partial charge in [0, 0.05) is 18.9 Å². The minimum Gasteiger partial charge on any atom is -0.481 e. The van der Waals surface area contributed by atoms with Crippen molar-refractivity contribution >= 4 is 18.0 Å². The van der Waals surface area contributed by atoms with Crippen molar-refractivity contribution in [2.45, 2.75) is 59.7 Å². The molecule has 0 aromatic rings. The molecular formula is C19H29NO6. The molecule has 2 N–H and O–H groups in total. The Balaban J connectivity index is 1.92. The first-order valence-corrected chi connectivity index (χ1v) is 9.17. The molecule has 1 amide bonds. The lowest BCUT2D eigenvalue weighted by atomic mass is 9.44. The molecule has 1 fully saturated rings. The number of hydrogen-bond acceptors (Lipinski definition) is 5. The van der Waals surface area contributed by atoms with Crippen molar-refractivity contribution < 1.29 is 29.0 Å². The van der Waals surface area contributed by atoms with Gasteiger partial charge in [0.1, 0.15) is 0 Å². The minimum atomic E-state index is -0.997. The molecule has 0 bridgehead atoms. The fraction of sp³-hybridized carbons (Fsp3) is 0.737. The zero-order chi connectivity index (χ0) is 19.5. The van der Waals surface area contributed by atoms with E-state index in [1.807, 2.05) is 0 Å². The molecule has 26 heavy (non-hydrogen) atoms. The summed E-state index contributed by atoms with van der Waals surface area (Å²) < 4.78 is 10.0. The maximum atomic E-state index is 12.0. The normalized spacial score (nSPS) is 30.3. The van der Waals surface area contributed by atoms with Gasteiger partial charge in [-0.3, -0.25) is 9.59 Å². The van der Waals surface area contributed by atoms with Gasteiger partial charge in [0.05, 0.1) is 12.3 Å². The molecule has 2 rings (SSSR count). The number of carboxylic acids is 1. The van der Waals surface area contributed by atoms with Crippen molar-refractivity contribution in [3.05, 3.63) is 12.2 Å². The zero-order valence-corrected chi connectivity index (χ0v) is 15.9. The van der Waals surface area contributed by atoms with Gasteiger partial charge in [-0.25, -0.2) is 4.79 Å². The highest BCUT2D eigenvalue weighted by atomic mass is 16.7. The third-order valence-corrected chi connectivity index (χ3v) is 5.70. The van der Waals surface area contributed by atoms with E-state index in [1.165, 1.54) is 6.92 Å². The van der Waals surface area contributed by atoms with Crippen LogP contribution in [-0.2, 0) is 19.1 Å². The van der Waals surface area contributed by atoms with E-state index in [4.69, 9.17) is 9.47 Å². The van der Waals surface area contributed by atoms with Gasteiger partial charge in [-0.1, -0.05) is 32.9 Å². The van der Waals surface area contributed by atoms with Crippen molar-refractivity contribution in [2.24, 2.45) is 22.7 Å². The Kier molecular flexibility index (Phi) is 5.98. The van der Waals surface area contributed by atoms with E-state index in [9.17, 15) is 19.5 Å². The van der Waals surface area contributed by atoms with Crippen molar-refractivity contribution in [2.75, 3.05) is 6.54 Å². The number of esters is 1. The minimum absolute atomic E-state index is 0.00191. The average molecular weight is 367 g/mol. The van der Waals surface area contributed by atoms with Gasteiger partial charge in [-0.15, -0.1) is 0 Å². The molecule has 0 heterocycles. The number of alkyl carbamates (subject to hydrolysis) is 1. The Morgan fingerprint density at radius 1 is 1.27 bits per heavy atom. The van der Waals surface area contributed by atoms with E-state index in [-0.39, 0.29) is 30.2 Å². The first-order valence-electron chi connectivity index (χ1n) is 9.17. The van der Waals surface area contributed by atoms with Crippen LogP contribution in [0.4, 0.5) is 4.79 Å². The predicted octanol–water partition coefficient (Wildman–Crippen LogP) is 3.10. The molecule has 2 aliphatic rings. The quantitative estimate of drug-likeness (QED) is 0.388. The van der Waals surface area contributed by atoms with Crippen molar-refractivity contribution in [3.63, 3.8) is 0 Å². The SMILES string of the molecule is CC[C@@]12CC=C[C@@H]1[C@](CNC(=O)O[C@@H](C)OC(=O)C(C)C)(CC(=O)O)C2. The van der Waals surface area contributed by atoms with Crippen LogP contribution >= 0.6 is 0 Å². The summed E-state index contributed by atoms with van der Waals surface area (Å²) in [6.07, 6.45) is 5.21. The number of nitrogens with one attached hydrogen (secondary N) is 1. The Bertz CT molecular complexity index is 601. The number of ether oxygens (including phenoxy) is 2. The van der Waals surface area contributed by atoms with Crippen LogP contribution in [0.2, 0.25) is 0 Å². The summed E-state index contributed by atoms with van der Waals surface area (Å²) in [5.41, 5.74) is -0.368. The van der Waals surface area contributed by atoms with E-state index in [2.05, 4.69) is 24.4 Å². The Hall–Kier alpha value is -2.05. The molecule has 0 radical (unpaired) electrons. The number of fused-ring (bicyclic) bond motifs is 1. The lowest BCUT2D eigenvalue weighted by Gasteiger charge is -2.60. The van der Waals surface area contributed by atoms with E-state index < -0.39 is 29.7 Å². The summed E-state index contributed by atoms with van der Waals surface area (Å²) in [5, 5.41) is 12.0. The van der Waals surface area contributed by atoms with Crippen LogP contribution in [-0.4, -0.2) is 36.0 Å². The molecule has 7 heteroatoms. The van der Waals surface area contributed by atoms with Crippen molar-refractivity contribution in [1.82, 2.24) is 5.32 Å². The van der Waals surface area contributed by atoms with Crippen LogP contribution in [0.25, 0.3) is 0 Å².